The molecule has 2 rings (SSSR count). The van der Waals surface area contributed by atoms with Crippen molar-refractivity contribution in [1.29, 1.82) is 0 Å². The van der Waals surface area contributed by atoms with E-state index in [4.69, 9.17) is 14.2 Å². The highest BCUT2D eigenvalue weighted by molar-refractivity contribution is 9.08. The molecule has 3 nitrogen and oxygen atoms in total. The first-order valence-corrected chi connectivity index (χ1v) is 6.95. The van der Waals surface area contributed by atoms with Crippen molar-refractivity contribution >= 4 is 15.9 Å². The van der Waals surface area contributed by atoms with E-state index in [1.165, 1.54) is 0 Å². The molecule has 0 radical (unpaired) electrons. The molecule has 2 aromatic rings. The minimum atomic E-state index is 0.662. The van der Waals surface area contributed by atoms with Crippen LogP contribution in [0.3, 0.4) is 0 Å². The molecule has 0 amide bonds. The number of ether oxygens (including phenoxy) is 3. The molecular weight excluding hydrogens is 308 g/mol. The van der Waals surface area contributed by atoms with Crippen LogP contribution in [0.2, 0.25) is 0 Å². The molecule has 0 fully saturated rings. The van der Waals surface area contributed by atoms with E-state index in [1.54, 1.807) is 14.2 Å². The lowest BCUT2D eigenvalue weighted by atomic mass is 10.2. The van der Waals surface area contributed by atoms with Crippen LogP contribution in [0, 0.1) is 0 Å². The summed E-state index contributed by atoms with van der Waals surface area (Å²) in [7, 11) is 3.25. The van der Waals surface area contributed by atoms with Crippen molar-refractivity contribution in [3.05, 3.63) is 48.0 Å². The van der Waals surface area contributed by atoms with Crippen LogP contribution >= 0.6 is 15.9 Å². The molecule has 0 saturated carbocycles. The van der Waals surface area contributed by atoms with Crippen LogP contribution in [0.5, 0.6) is 23.0 Å². The predicted molar refractivity (Wildman–Crippen MR) is 78.7 cm³/mol. The van der Waals surface area contributed by atoms with Gasteiger partial charge < -0.3 is 14.2 Å². The smallest absolute Gasteiger partial charge is 0.169 e. The highest BCUT2D eigenvalue weighted by Crippen LogP contribution is 2.38. The second-order valence-corrected chi connectivity index (χ2v) is 4.40. The fourth-order valence-corrected chi connectivity index (χ4v) is 2.24. The van der Waals surface area contributed by atoms with Gasteiger partial charge in [0, 0.05) is 10.9 Å². The number of benzene rings is 2. The quantitative estimate of drug-likeness (QED) is 0.764. The van der Waals surface area contributed by atoms with Gasteiger partial charge in [0.05, 0.1) is 14.2 Å². The summed E-state index contributed by atoms with van der Waals surface area (Å²) >= 11 is 3.44. The summed E-state index contributed by atoms with van der Waals surface area (Å²) in [6, 6.07) is 13.3. The zero-order valence-corrected chi connectivity index (χ0v) is 12.4. The molecule has 0 saturated heterocycles. The SMILES string of the molecule is COc1ccccc1Oc1cccc(CBr)c1OC. The topological polar surface area (TPSA) is 27.7 Å². The molecule has 0 aliphatic rings. The number of methoxy groups -OCH3 is 2. The third-order valence-electron chi connectivity index (χ3n) is 2.70. The van der Waals surface area contributed by atoms with E-state index in [2.05, 4.69) is 15.9 Å². The zero-order valence-electron chi connectivity index (χ0n) is 10.9. The van der Waals surface area contributed by atoms with Gasteiger partial charge in [0.2, 0.25) is 0 Å². The van der Waals surface area contributed by atoms with Crippen LogP contribution in [0.15, 0.2) is 42.5 Å². The maximum Gasteiger partial charge on any atom is 0.169 e. The number of halogens is 1. The molecule has 0 aliphatic heterocycles. The monoisotopic (exact) mass is 322 g/mol. The van der Waals surface area contributed by atoms with Crippen LogP contribution in [-0.2, 0) is 5.33 Å². The van der Waals surface area contributed by atoms with E-state index in [0.29, 0.717) is 22.6 Å². The lowest BCUT2D eigenvalue weighted by molar-refractivity contribution is 0.355. The fourth-order valence-electron chi connectivity index (χ4n) is 1.80. The molecule has 0 heterocycles. The second kappa shape index (κ2) is 6.48. The summed E-state index contributed by atoms with van der Waals surface area (Å²) in [5.41, 5.74) is 1.04. The highest BCUT2D eigenvalue weighted by atomic mass is 79.9. The number of para-hydroxylation sites is 3. The molecule has 0 atom stereocenters. The van der Waals surface area contributed by atoms with E-state index < -0.39 is 0 Å². The molecule has 19 heavy (non-hydrogen) atoms. The molecule has 0 aromatic heterocycles. The van der Waals surface area contributed by atoms with Gasteiger partial charge >= 0.3 is 0 Å². The van der Waals surface area contributed by atoms with E-state index in [-0.39, 0.29) is 0 Å². The highest BCUT2D eigenvalue weighted by Gasteiger charge is 2.12. The summed E-state index contributed by atoms with van der Waals surface area (Å²) in [6.07, 6.45) is 0. The Morgan fingerprint density at radius 2 is 1.53 bits per heavy atom. The van der Waals surface area contributed by atoms with Crippen molar-refractivity contribution in [3.63, 3.8) is 0 Å². The van der Waals surface area contributed by atoms with Gasteiger partial charge in [-0.15, -0.1) is 0 Å². The van der Waals surface area contributed by atoms with E-state index in [1.807, 2.05) is 42.5 Å². The largest absolute Gasteiger partial charge is 0.493 e. The zero-order chi connectivity index (χ0) is 13.7. The van der Waals surface area contributed by atoms with Gasteiger partial charge in [-0.1, -0.05) is 40.2 Å². The lowest BCUT2D eigenvalue weighted by Crippen LogP contribution is -1.95. The maximum atomic E-state index is 5.89. The first-order valence-electron chi connectivity index (χ1n) is 5.83. The van der Waals surface area contributed by atoms with Gasteiger partial charge in [0.15, 0.2) is 23.0 Å². The summed E-state index contributed by atoms with van der Waals surface area (Å²) < 4.78 is 16.6. The summed E-state index contributed by atoms with van der Waals surface area (Å²) in [5, 5.41) is 0.708. The van der Waals surface area contributed by atoms with Gasteiger partial charge in [0.25, 0.3) is 0 Å². The third-order valence-corrected chi connectivity index (χ3v) is 3.30. The first-order chi connectivity index (χ1) is 9.30. The van der Waals surface area contributed by atoms with Crippen LogP contribution in [0.4, 0.5) is 0 Å². The fraction of sp³-hybridized carbons (Fsp3) is 0.200. The minimum Gasteiger partial charge on any atom is -0.493 e. The second-order valence-electron chi connectivity index (χ2n) is 3.84. The van der Waals surface area contributed by atoms with Crippen molar-refractivity contribution in [1.82, 2.24) is 0 Å². The molecule has 100 valence electrons. The van der Waals surface area contributed by atoms with Gasteiger partial charge in [-0.2, -0.15) is 0 Å². The Labute approximate surface area is 121 Å². The lowest BCUT2D eigenvalue weighted by Gasteiger charge is -2.14. The van der Waals surface area contributed by atoms with Crippen molar-refractivity contribution < 1.29 is 14.2 Å². The van der Waals surface area contributed by atoms with E-state index in [0.717, 1.165) is 11.3 Å². The molecule has 0 spiro atoms. The van der Waals surface area contributed by atoms with Crippen LogP contribution in [-0.4, -0.2) is 14.2 Å². The average Bonchev–Trinajstić information content (AvgIpc) is 2.47. The molecule has 0 N–H and O–H groups in total. The van der Waals surface area contributed by atoms with Crippen LogP contribution in [0.1, 0.15) is 5.56 Å². The molecule has 0 aliphatic carbocycles. The first kappa shape index (κ1) is 13.7. The molecule has 2 aromatic carbocycles. The molecule has 0 bridgehead atoms. The predicted octanol–water partition coefficient (Wildman–Crippen LogP) is 4.39. The van der Waals surface area contributed by atoms with Crippen molar-refractivity contribution in [2.24, 2.45) is 0 Å². The van der Waals surface area contributed by atoms with Crippen LogP contribution in [0.25, 0.3) is 0 Å². The van der Waals surface area contributed by atoms with Crippen LogP contribution < -0.4 is 14.2 Å². The minimum absolute atomic E-state index is 0.662. The van der Waals surface area contributed by atoms with Crippen molar-refractivity contribution in [3.8, 4) is 23.0 Å². The Kier molecular flexibility index (Phi) is 4.68. The Hall–Kier alpha value is -1.68. The number of hydrogen-bond donors (Lipinski definition) is 0. The molecule has 0 unspecified atom stereocenters. The maximum absolute atomic E-state index is 5.89. The Balaban J connectivity index is 2.38. The summed E-state index contributed by atoms with van der Waals surface area (Å²) in [6.45, 7) is 0. The van der Waals surface area contributed by atoms with Gasteiger partial charge in [-0.3, -0.25) is 0 Å². The van der Waals surface area contributed by atoms with Crippen molar-refractivity contribution in [2.75, 3.05) is 14.2 Å². The number of hydrogen-bond acceptors (Lipinski definition) is 3. The molecule has 4 heteroatoms. The van der Waals surface area contributed by atoms with Crippen molar-refractivity contribution in [2.45, 2.75) is 5.33 Å². The van der Waals surface area contributed by atoms with Gasteiger partial charge in [-0.05, 0) is 18.2 Å². The number of rotatable bonds is 5. The Morgan fingerprint density at radius 1 is 0.842 bits per heavy atom. The van der Waals surface area contributed by atoms with E-state index >= 15 is 0 Å². The standard InChI is InChI=1S/C15H15BrO3/c1-17-12-7-3-4-8-13(12)19-14-9-5-6-11(10-16)15(14)18-2/h3-9H,10H2,1-2H3. The van der Waals surface area contributed by atoms with Gasteiger partial charge in [0.1, 0.15) is 0 Å². The summed E-state index contributed by atoms with van der Waals surface area (Å²) in [4.78, 5) is 0. The Bertz CT molecular complexity index is 555. The average molecular weight is 323 g/mol. The van der Waals surface area contributed by atoms with E-state index in [9.17, 15) is 0 Å². The normalized spacial score (nSPS) is 10.1. The third kappa shape index (κ3) is 3.01. The number of alkyl halides is 1. The Morgan fingerprint density at radius 3 is 2.16 bits per heavy atom. The molecular formula is C15H15BrO3. The van der Waals surface area contributed by atoms with Gasteiger partial charge in [-0.25, -0.2) is 0 Å². The summed E-state index contributed by atoms with van der Waals surface area (Å²) in [5.74, 6) is 2.75.